The topological polar surface area (TPSA) is 103 Å². The van der Waals surface area contributed by atoms with Crippen LogP contribution in [-0.2, 0) is 19.0 Å². The van der Waals surface area contributed by atoms with Crippen molar-refractivity contribution in [2.75, 3.05) is 0 Å². The van der Waals surface area contributed by atoms with Gasteiger partial charge in [0.1, 0.15) is 17.6 Å². The van der Waals surface area contributed by atoms with Crippen LogP contribution in [0.25, 0.3) is 16.5 Å². The molecule has 0 unspecified atom stereocenters. The summed E-state index contributed by atoms with van der Waals surface area (Å²) in [6.07, 6.45) is 8.33. The van der Waals surface area contributed by atoms with Crippen molar-refractivity contribution in [2.45, 2.75) is 44.6 Å². The fourth-order valence-corrected chi connectivity index (χ4v) is 4.61. The van der Waals surface area contributed by atoms with Gasteiger partial charge in [-0.3, -0.25) is 4.79 Å². The molecule has 4 aromatic heterocycles. The van der Waals surface area contributed by atoms with Gasteiger partial charge in [-0.05, 0) is 37.1 Å². The molecule has 9 nitrogen and oxygen atoms in total. The van der Waals surface area contributed by atoms with Crippen molar-refractivity contribution in [3.8, 4) is 16.5 Å². The van der Waals surface area contributed by atoms with Crippen LogP contribution >= 0.6 is 11.3 Å². The molecule has 0 aromatic carbocycles. The van der Waals surface area contributed by atoms with Crippen LogP contribution in [0.1, 0.15) is 54.5 Å². The van der Waals surface area contributed by atoms with Gasteiger partial charge >= 0.3 is 0 Å². The zero-order valence-electron chi connectivity index (χ0n) is 18.3. The maximum atomic E-state index is 14.4. The molecule has 170 valence electrons. The highest BCUT2D eigenvalue weighted by atomic mass is 32.1. The molecule has 0 aliphatic heterocycles. The minimum atomic E-state index is -0.509. The van der Waals surface area contributed by atoms with Gasteiger partial charge < -0.3 is 9.88 Å². The summed E-state index contributed by atoms with van der Waals surface area (Å²) in [5.41, 5.74) is 0.872. The highest BCUT2D eigenvalue weighted by molar-refractivity contribution is 7.13. The van der Waals surface area contributed by atoms with Gasteiger partial charge in [0.25, 0.3) is 11.9 Å². The summed E-state index contributed by atoms with van der Waals surface area (Å²) in [6.45, 7) is 2.08. The number of hydrogen-bond donors (Lipinski definition) is 1. The molecule has 1 aliphatic rings. The van der Waals surface area contributed by atoms with E-state index in [9.17, 15) is 9.18 Å². The third-order valence-electron chi connectivity index (χ3n) is 5.80. The van der Waals surface area contributed by atoms with Gasteiger partial charge in [-0.2, -0.15) is 5.10 Å². The fraction of sp³-hybridized carbons (Fsp3) is 0.364. The maximum absolute atomic E-state index is 14.4. The largest absolute Gasteiger partial charge is 0.339 e. The molecule has 1 amide bonds. The van der Waals surface area contributed by atoms with Crippen LogP contribution in [-0.4, -0.2) is 40.4 Å². The molecule has 0 radical (unpaired) electrons. The summed E-state index contributed by atoms with van der Waals surface area (Å²) < 4.78 is 17.8. The normalized spacial score (nSPS) is 14.4. The Morgan fingerprint density at radius 3 is 2.85 bits per heavy atom. The molecular formula is C22H23FN8OS. The summed E-state index contributed by atoms with van der Waals surface area (Å²) in [5, 5.41) is 17.6. The molecule has 0 saturated heterocycles. The first-order chi connectivity index (χ1) is 16.0. The Bertz CT molecular complexity index is 1290. The zero-order valence-corrected chi connectivity index (χ0v) is 19.1. The van der Waals surface area contributed by atoms with Crippen molar-refractivity contribution in [2.24, 2.45) is 7.05 Å². The summed E-state index contributed by atoms with van der Waals surface area (Å²) in [7, 11) is 1.86. The number of carbonyl (C=O) groups excluding carboxylic acids is 1. The van der Waals surface area contributed by atoms with Crippen molar-refractivity contribution in [3.05, 3.63) is 59.1 Å². The highest BCUT2D eigenvalue weighted by Gasteiger charge is 2.49. The second kappa shape index (κ2) is 8.47. The molecular weight excluding hydrogens is 443 g/mol. The SMILES string of the molecule is CCCCc1c(C(=O)NC2(c3nncn3C)CC2)cnn1-c1ncc(F)c(-c2cccs2)n1. The van der Waals surface area contributed by atoms with Crippen molar-refractivity contribution in [1.29, 1.82) is 0 Å². The number of halogens is 1. The maximum Gasteiger partial charge on any atom is 0.255 e. The lowest BCUT2D eigenvalue weighted by molar-refractivity contribution is 0.0927. The third kappa shape index (κ3) is 3.92. The summed E-state index contributed by atoms with van der Waals surface area (Å²) in [5.74, 6) is 0.245. The molecule has 0 atom stereocenters. The van der Waals surface area contributed by atoms with Crippen LogP contribution in [0.2, 0.25) is 0 Å². The van der Waals surface area contributed by atoms with Crippen molar-refractivity contribution in [3.63, 3.8) is 0 Å². The Morgan fingerprint density at radius 1 is 1.33 bits per heavy atom. The first-order valence-electron chi connectivity index (χ1n) is 10.8. The predicted octanol–water partition coefficient (Wildman–Crippen LogP) is 3.42. The first kappa shape index (κ1) is 21.4. The Kier molecular flexibility index (Phi) is 5.49. The molecule has 4 heterocycles. The number of aromatic nitrogens is 7. The lowest BCUT2D eigenvalue weighted by Crippen LogP contribution is -2.37. The summed E-state index contributed by atoms with van der Waals surface area (Å²) in [6, 6.07) is 3.65. The average molecular weight is 467 g/mol. The second-order valence-corrected chi connectivity index (χ2v) is 9.11. The molecule has 4 aromatic rings. The number of nitrogens with zero attached hydrogens (tertiary/aromatic N) is 7. The lowest BCUT2D eigenvalue weighted by Gasteiger charge is -2.16. The number of thiophene rings is 1. The molecule has 11 heteroatoms. The third-order valence-corrected chi connectivity index (χ3v) is 6.67. The van der Waals surface area contributed by atoms with Crippen LogP contribution in [0.15, 0.2) is 36.2 Å². The number of aryl methyl sites for hydroxylation is 1. The summed E-state index contributed by atoms with van der Waals surface area (Å²) >= 11 is 1.40. The van der Waals surface area contributed by atoms with Crippen molar-refractivity contribution < 1.29 is 9.18 Å². The smallest absolute Gasteiger partial charge is 0.255 e. The zero-order chi connectivity index (χ0) is 23.0. The van der Waals surface area contributed by atoms with E-state index in [2.05, 4.69) is 37.5 Å². The van der Waals surface area contributed by atoms with Crippen molar-refractivity contribution >= 4 is 17.2 Å². The van der Waals surface area contributed by atoms with Gasteiger partial charge in [-0.25, -0.2) is 19.0 Å². The van der Waals surface area contributed by atoms with Gasteiger partial charge in [-0.1, -0.05) is 19.4 Å². The average Bonchev–Trinajstić information content (AvgIpc) is 3.23. The minimum Gasteiger partial charge on any atom is -0.339 e. The van der Waals surface area contributed by atoms with Gasteiger partial charge in [-0.15, -0.1) is 21.5 Å². The molecule has 1 saturated carbocycles. The lowest BCUT2D eigenvalue weighted by atomic mass is 10.1. The van der Waals surface area contributed by atoms with Gasteiger partial charge in [0.2, 0.25) is 0 Å². The van der Waals surface area contributed by atoms with E-state index in [1.807, 2.05) is 23.1 Å². The van der Waals surface area contributed by atoms with E-state index in [1.165, 1.54) is 17.5 Å². The molecule has 0 spiro atoms. The molecule has 1 aliphatic carbocycles. The van der Waals surface area contributed by atoms with Crippen molar-refractivity contribution in [1.82, 2.24) is 39.8 Å². The van der Waals surface area contributed by atoms with E-state index in [-0.39, 0.29) is 17.5 Å². The van der Waals surface area contributed by atoms with Crippen LogP contribution in [0.4, 0.5) is 4.39 Å². The van der Waals surface area contributed by atoms with Crippen LogP contribution in [0, 0.1) is 5.82 Å². The van der Waals surface area contributed by atoms with Crippen LogP contribution in [0.3, 0.4) is 0 Å². The molecule has 1 N–H and O–H groups in total. The molecule has 0 bridgehead atoms. The van der Waals surface area contributed by atoms with Crippen LogP contribution < -0.4 is 5.32 Å². The minimum absolute atomic E-state index is 0.220. The van der Waals surface area contributed by atoms with Gasteiger partial charge in [0.15, 0.2) is 11.6 Å². The van der Waals surface area contributed by atoms with Gasteiger partial charge in [0, 0.05) is 7.05 Å². The quantitative estimate of drug-likeness (QED) is 0.427. The first-order valence-corrected chi connectivity index (χ1v) is 11.7. The number of rotatable bonds is 8. The van der Waals surface area contributed by atoms with Crippen LogP contribution in [0.5, 0.6) is 0 Å². The molecule has 5 rings (SSSR count). The molecule has 33 heavy (non-hydrogen) atoms. The number of nitrogens with one attached hydrogen (secondary N) is 1. The Balaban J connectivity index is 1.50. The highest BCUT2D eigenvalue weighted by Crippen LogP contribution is 2.44. The van der Waals surface area contributed by atoms with E-state index in [0.717, 1.165) is 37.7 Å². The number of carbonyl (C=O) groups is 1. The number of hydrogen-bond acceptors (Lipinski definition) is 7. The molecule has 1 fully saturated rings. The summed E-state index contributed by atoms with van der Waals surface area (Å²) in [4.78, 5) is 22.6. The van der Waals surface area contributed by atoms with Gasteiger partial charge in [0.05, 0.1) is 28.5 Å². The monoisotopic (exact) mass is 466 g/mol. The van der Waals surface area contributed by atoms with E-state index in [4.69, 9.17) is 0 Å². The van der Waals surface area contributed by atoms with E-state index in [0.29, 0.717) is 22.6 Å². The number of unbranched alkanes of at least 4 members (excludes halogenated alkanes) is 1. The Hall–Kier alpha value is -3.47. The van der Waals surface area contributed by atoms with E-state index < -0.39 is 11.4 Å². The Labute approximate surface area is 193 Å². The standard InChI is InChI=1S/C22H23FN8OS/c1-3-4-6-16-14(19(32)28-22(8-9-22)20-29-25-13-30(20)2)11-26-31(16)21-24-12-15(23)18(27-21)17-7-5-10-33-17/h5,7,10-13H,3-4,6,8-9H2,1-2H3,(H,28,32). The number of amides is 1. The Morgan fingerprint density at radius 2 is 2.18 bits per heavy atom. The second-order valence-electron chi connectivity index (χ2n) is 8.17. The van der Waals surface area contributed by atoms with E-state index >= 15 is 0 Å². The van der Waals surface area contributed by atoms with E-state index in [1.54, 1.807) is 17.1 Å². The fourth-order valence-electron chi connectivity index (χ4n) is 3.90. The predicted molar refractivity (Wildman–Crippen MR) is 120 cm³/mol.